The minimum absolute atomic E-state index is 0.00895. The van der Waals surface area contributed by atoms with E-state index >= 15 is 0 Å². The molecule has 616 valence electrons. The van der Waals surface area contributed by atoms with Gasteiger partial charge in [-0.15, -0.1) is 0 Å². The van der Waals surface area contributed by atoms with E-state index in [2.05, 4.69) is 222 Å². The standard InChI is InChI=1S/C91H140O17P2/c1-5-9-13-17-21-25-29-33-36-39-42-45-48-52-55-59-63-67-71-75-88(93)101-81-86(107-90(95)77-73-69-65-61-57-51-32-28-24-20-16-12-8-4)83-105-109(97,98)103-79-85(92)80-104-110(99,100)106-84-87(108-91(96)78-74-70-66-62-58-54-50-47-44-41-38-35-31-27-23-19-15-11-7-3)82-102-89(94)76-72-68-64-60-56-53-49-46-43-40-37-34-30-26-22-18-14-10-6-2/h9-11,13-16,20-23,25-28,32-38,42-47,52-56,58,64,66,68,70,85-87,92H,5-8,12,17-19,24,29-31,39-41,48-51,57,59-63,65,67,69,71-84H2,1-4H3,(H,97,98)(H,99,100)/b13-9-,14-10-,15-11-,20-16-,25-21-,26-22-,27-23-,32-28-,36-33-,37-34-,38-35-,45-42-,46-43-,47-44-,55-52-,56-53-,58-54-,68-64-,70-66-. The Balaban J connectivity index is 5.57. The molecular weight excluding hydrogens is 1430 g/mol. The van der Waals surface area contributed by atoms with E-state index in [-0.39, 0.29) is 25.7 Å². The molecule has 0 aliphatic heterocycles. The van der Waals surface area contributed by atoms with Crippen molar-refractivity contribution in [1.82, 2.24) is 0 Å². The van der Waals surface area contributed by atoms with E-state index in [1.54, 1.807) is 0 Å². The second-order valence-electron chi connectivity index (χ2n) is 25.9. The Bertz CT molecular complexity index is 3000. The van der Waals surface area contributed by atoms with Crippen LogP contribution in [0.25, 0.3) is 0 Å². The molecule has 0 aliphatic carbocycles. The summed E-state index contributed by atoms with van der Waals surface area (Å²) in [4.78, 5) is 73.1. The molecule has 5 unspecified atom stereocenters. The van der Waals surface area contributed by atoms with Crippen LogP contribution in [0.4, 0.5) is 0 Å². The molecule has 0 aliphatic rings. The third kappa shape index (κ3) is 79.2. The lowest BCUT2D eigenvalue weighted by Crippen LogP contribution is -2.30. The first-order valence-electron chi connectivity index (χ1n) is 40.6. The van der Waals surface area contributed by atoms with E-state index in [1.165, 1.54) is 0 Å². The summed E-state index contributed by atoms with van der Waals surface area (Å²) in [6.45, 7) is 4.19. The van der Waals surface area contributed by atoms with Gasteiger partial charge in [0.05, 0.1) is 26.4 Å². The molecular formula is C91H140O17P2. The smallest absolute Gasteiger partial charge is 0.462 e. The molecule has 0 fully saturated rings. The second-order valence-corrected chi connectivity index (χ2v) is 28.8. The fourth-order valence-electron chi connectivity index (χ4n) is 9.57. The van der Waals surface area contributed by atoms with Gasteiger partial charge in [0.15, 0.2) is 12.2 Å². The SMILES string of the molecule is CC/C=C\C/C=C\C/C=C\C/C=C\C/C=C\C/C=C\CCC(=O)OCC(COP(=O)(O)OCC(O)COP(=O)(O)OCC(COC(=O)CCCCC/C=C\C/C=C\C/C=C\C/C=C\C/C=C\CC)OC(=O)CCCCCCC/C=C\C/C=C\CCC)OC(=O)CC/C=C\C/C=C\C/C=C\C/C=C\C/C=C\C/C=C\CC. The summed E-state index contributed by atoms with van der Waals surface area (Å²) in [6.07, 6.45) is 103. The number of ether oxygens (including phenoxy) is 4. The van der Waals surface area contributed by atoms with Crippen molar-refractivity contribution >= 4 is 39.5 Å². The van der Waals surface area contributed by atoms with Crippen LogP contribution in [0.2, 0.25) is 0 Å². The van der Waals surface area contributed by atoms with Crippen molar-refractivity contribution in [3.05, 3.63) is 231 Å². The molecule has 0 aromatic rings. The maximum absolute atomic E-state index is 13.1. The molecule has 110 heavy (non-hydrogen) atoms. The Morgan fingerprint density at radius 2 is 0.491 bits per heavy atom. The quantitative estimate of drug-likeness (QED) is 0.0169. The van der Waals surface area contributed by atoms with E-state index in [0.717, 1.165) is 167 Å². The number of phosphoric acid groups is 2. The predicted molar refractivity (Wildman–Crippen MR) is 454 cm³/mol. The van der Waals surface area contributed by atoms with Crippen LogP contribution in [0.3, 0.4) is 0 Å². The molecule has 0 amide bonds. The van der Waals surface area contributed by atoms with Gasteiger partial charge in [0, 0.05) is 25.7 Å². The molecule has 0 aromatic heterocycles. The first-order chi connectivity index (χ1) is 53.7. The number of aliphatic hydroxyl groups excluding tert-OH is 1. The Morgan fingerprint density at radius 3 is 0.809 bits per heavy atom. The fourth-order valence-corrected chi connectivity index (χ4v) is 11.1. The molecule has 0 bridgehead atoms. The van der Waals surface area contributed by atoms with Crippen molar-refractivity contribution in [3.63, 3.8) is 0 Å². The van der Waals surface area contributed by atoms with Crippen LogP contribution in [0.5, 0.6) is 0 Å². The summed E-state index contributed by atoms with van der Waals surface area (Å²) < 4.78 is 68.4. The largest absolute Gasteiger partial charge is 0.472 e. The van der Waals surface area contributed by atoms with Crippen molar-refractivity contribution < 1.29 is 80.2 Å². The molecule has 0 saturated heterocycles. The number of aliphatic hydroxyl groups is 1. The van der Waals surface area contributed by atoms with E-state index in [4.69, 9.17) is 37.0 Å². The van der Waals surface area contributed by atoms with E-state index < -0.39 is 97.5 Å². The van der Waals surface area contributed by atoms with Gasteiger partial charge in [0.1, 0.15) is 19.3 Å². The van der Waals surface area contributed by atoms with Gasteiger partial charge < -0.3 is 33.8 Å². The van der Waals surface area contributed by atoms with Crippen LogP contribution >= 0.6 is 15.6 Å². The minimum Gasteiger partial charge on any atom is -0.462 e. The number of allylic oxidation sites excluding steroid dienone is 38. The number of carbonyl (C=O) groups is 4. The fraction of sp³-hybridized carbons (Fsp3) is 0.538. The van der Waals surface area contributed by atoms with Crippen molar-refractivity contribution in [2.75, 3.05) is 39.6 Å². The highest BCUT2D eigenvalue weighted by Crippen LogP contribution is 2.45. The van der Waals surface area contributed by atoms with Crippen LogP contribution in [-0.4, -0.2) is 96.7 Å². The molecule has 19 heteroatoms. The first-order valence-corrected chi connectivity index (χ1v) is 43.6. The monoisotopic (exact) mass is 1570 g/mol. The molecule has 5 atom stereocenters. The molecule has 0 aromatic carbocycles. The lowest BCUT2D eigenvalue weighted by molar-refractivity contribution is -0.161. The third-order valence-electron chi connectivity index (χ3n) is 15.6. The number of carbonyl (C=O) groups excluding carboxylic acids is 4. The van der Waals surface area contributed by atoms with Gasteiger partial charge >= 0.3 is 39.5 Å². The molecule has 0 heterocycles. The van der Waals surface area contributed by atoms with Crippen LogP contribution in [0.1, 0.15) is 259 Å². The van der Waals surface area contributed by atoms with Crippen molar-refractivity contribution in [2.24, 2.45) is 0 Å². The number of unbranched alkanes of at least 4 members (excludes halogenated alkanes) is 9. The highest BCUT2D eigenvalue weighted by Gasteiger charge is 2.30. The summed E-state index contributed by atoms with van der Waals surface area (Å²) in [6, 6.07) is 0. The molecule has 3 N–H and O–H groups in total. The maximum atomic E-state index is 13.1. The number of hydrogen-bond donors (Lipinski definition) is 3. The summed E-state index contributed by atoms with van der Waals surface area (Å²) in [7, 11) is -10.0. The van der Waals surface area contributed by atoms with Crippen LogP contribution in [0, 0.1) is 0 Å². The van der Waals surface area contributed by atoms with Gasteiger partial charge in [-0.3, -0.25) is 37.3 Å². The van der Waals surface area contributed by atoms with Gasteiger partial charge in [0.2, 0.25) is 0 Å². The number of esters is 4. The number of rotatable bonds is 73. The average Bonchev–Trinajstić information content (AvgIpc) is 0.900. The highest BCUT2D eigenvalue weighted by atomic mass is 31.2. The van der Waals surface area contributed by atoms with Crippen LogP contribution in [-0.2, 0) is 65.4 Å². The van der Waals surface area contributed by atoms with Gasteiger partial charge in [-0.1, -0.05) is 291 Å². The minimum atomic E-state index is -5.03. The Morgan fingerprint density at radius 1 is 0.264 bits per heavy atom. The zero-order chi connectivity index (χ0) is 80.3. The summed E-state index contributed by atoms with van der Waals surface area (Å²) in [5.41, 5.74) is 0. The molecule has 0 saturated carbocycles. The van der Waals surface area contributed by atoms with Gasteiger partial charge in [0.25, 0.3) is 0 Å². The lowest BCUT2D eigenvalue weighted by atomic mass is 10.1. The van der Waals surface area contributed by atoms with Crippen molar-refractivity contribution in [3.8, 4) is 0 Å². The zero-order valence-corrected chi connectivity index (χ0v) is 69.1. The summed E-state index contributed by atoms with van der Waals surface area (Å²) in [5.74, 6) is -2.46. The summed E-state index contributed by atoms with van der Waals surface area (Å²) >= 11 is 0. The molecule has 0 rings (SSSR count). The van der Waals surface area contributed by atoms with E-state index in [0.29, 0.717) is 38.5 Å². The van der Waals surface area contributed by atoms with Gasteiger partial charge in [-0.2, -0.15) is 0 Å². The highest BCUT2D eigenvalue weighted by molar-refractivity contribution is 7.47. The van der Waals surface area contributed by atoms with E-state index in [1.807, 2.05) is 36.5 Å². The number of phosphoric ester groups is 2. The summed E-state index contributed by atoms with van der Waals surface area (Å²) in [5, 5.41) is 10.7. The topological polar surface area (TPSA) is 237 Å². The third-order valence-corrected chi connectivity index (χ3v) is 17.5. The predicted octanol–water partition coefficient (Wildman–Crippen LogP) is 24.2. The Hall–Kier alpha value is -6.88. The average molecular weight is 1570 g/mol. The van der Waals surface area contributed by atoms with Crippen molar-refractivity contribution in [1.29, 1.82) is 0 Å². The zero-order valence-electron chi connectivity index (χ0n) is 67.3. The van der Waals surface area contributed by atoms with Crippen LogP contribution in [0.15, 0.2) is 231 Å². The Kier molecular flexibility index (Phi) is 75.2. The Labute approximate surface area is 664 Å². The molecule has 0 radical (unpaired) electrons. The van der Waals surface area contributed by atoms with Crippen molar-refractivity contribution in [2.45, 2.75) is 277 Å². The molecule has 17 nitrogen and oxygen atoms in total. The van der Waals surface area contributed by atoms with Crippen LogP contribution < -0.4 is 0 Å². The van der Waals surface area contributed by atoms with Gasteiger partial charge in [-0.25, -0.2) is 9.13 Å². The normalized spacial score (nSPS) is 15.0. The number of hydrogen-bond acceptors (Lipinski definition) is 15. The first kappa shape index (κ1) is 103. The van der Waals surface area contributed by atoms with E-state index in [9.17, 15) is 43.2 Å². The second kappa shape index (κ2) is 80.2. The van der Waals surface area contributed by atoms with Gasteiger partial charge in [-0.05, 0) is 173 Å². The molecule has 0 spiro atoms. The maximum Gasteiger partial charge on any atom is 0.472 e. The lowest BCUT2D eigenvalue weighted by Gasteiger charge is -2.21.